The molecule has 1 aromatic carbocycles. The summed E-state index contributed by atoms with van der Waals surface area (Å²) in [6.07, 6.45) is -0.675. The van der Waals surface area contributed by atoms with Crippen molar-refractivity contribution in [3.63, 3.8) is 0 Å². The Morgan fingerprint density at radius 2 is 2.21 bits per heavy atom. The summed E-state index contributed by atoms with van der Waals surface area (Å²) in [7, 11) is 0. The van der Waals surface area contributed by atoms with Crippen LogP contribution >= 0.6 is 34.7 Å². The van der Waals surface area contributed by atoms with Gasteiger partial charge in [-0.3, -0.25) is 0 Å². The van der Waals surface area contributed by atoms with Crippen LogP contribution in [0.2, 0.25) is 10.0 Å². The fourth-order valence-corrected chi connectivity index (χ4v) is 2.75. The van der Waals surface area contributed by atoms with E-state index in [-0.39, 0.29) is 0 Å². The minimum absolute atomic E-state index is 0.401. The van der Waals surface area contributed by atoms with Crippen molar-refractivity contribution in [3.05, 3.63) is 44.4 Å². The highest BCUT2D eigenvalue weighted by molar-refractivity contribution is 7.05. The van der Waals surface area contributed by atoms with Crippen LogP contribution in [0, 0.1) is 6.92 Å². The minimum Gasteiger partial charge on any atom is -0.387 e. The molecular weight excluding hydrogens is 305 g/mol. The first kappa shape index (κ1) is 14.7. The molecule has 2 rings (SSSR count). The second-order valence-electron chi connectivity index (χ2n) is 4.09. The van der Waals surface area contributed by atoms with E-state index in [0.717, 1.165) is 10.6 Å². The van der Waals surface area contributed by atoms with Crippen molar-refractivity contribution >= 4 is 34.7 Å². The summed E-state index contributed by atoms with van der Waals surface area (Å²) < 4.78 is 3.85. The fourth-order valence-electron chi connectivity index (χ4n) is 1.62. The molecule has 2 aromatic rings. The van der Waals surface area contributed by atoms with Gasteiger partial charge in [0.25, 0.3) is 0 Å². The Morgan fingerprint density at radius 1 is 1.42 bits per heavy atom. The second-order valence-corrected chi connectivity index (χ2v) is 5.78. The van der Waals surface area contributed by atoms with E-state index < -0.39 is 6.10 Å². The molecule has 2 N–H and O–H groups in total. The lowest BCUT2D eigenvalue weighted by atomic mass is 10.1. The molecule has 0 spiro atoms. The van der Waals surface area contributed by atoms with Crippen LogP contribution in [0.5, 0.6) is 0 Å². The van der Waals surface area contributed by atoms with Gasteiger partial charge in [-0.15, -0.1) is 5.10 Å². The summed E-state index contributed by atoms with van der Waals surface area (Å²) in [5.74, 6) is 0. The maximum Gasteiger partial charge on any atom is 0.0928 e. The number of benzene rings is 1. The van der Waals surface area contributed by atoms with E-state index in [4.69, 9.17) is 23.2 Å². The molecule has 0 aliphatic rings. The summed E-state index contributed by atoms with van der Waals surface area (Å²) in [4.78, 5) is 1.06. The Labute approximate surface area is 125 Å². The number of aliphatic hydroxyl groups is 1. The van der Waals surface area contributed by atoms with Crippen LogP contribution in [0.15, 0.2) is 18.2 Å². The third-order valence-corrected chi connectivity index (χ3v) is 4.08. The van der Waals surface area contributed by atoms with Gasteiger partial charge in [-0.05, 0) is 30.6 Å². The second kappa shape index (κ2) is 6.63. The van der Waals surface area contributed by atoms with E-state index in [9.17, 15) is 5.11 Å². The molecular formula is C12H13Cl2N3OS. The van der Waals surface area contributed by atoms with E-state index >= 15 is 0 Å². The Balaban J connectivity index is 1.91. The topological polar surface area (TPSA) is 58.0 Å². The highest BCUT2D eigenvalue weighted by atomic mass is 35.5. The summed E-state index contributed by atoms with van der Waals surface area (Å²) in [5, 5.41) is 18.2. The minimum atomic E-state index is -0.675. The number of nitrogens with one attached hydrogen (secondary N) is 1. The van der Waals surface area contributed by atoms with Gasteiger partial charge >= 0.3 is 0 Å². The number of halogens is 2. The summed E-state index contributed by atoms with van der Waals surface area (Å²) in [6, 6.07) is 5.07. The molecule has 0 aliphatic carbocycles. The van der Waals surface area contributed by atoms with Gasteiger partial charge in [0.05, 0.1) is 16.7 Å². The van der Waals surface area contributed by atoms with Crippen molar-refractivity contribution in [2.45, 2.75) is 19.6 Å². The van der Waals surface area contributed by atoms with Crippen molar-refractivity contribution in [2.75, 3.05) is 6.54 Å². The first-order valence-corrected chi connectivity index (χ1v) is 7.22. The number of rotatable bonds is 5. The summed E-state index contributed by atoms with van der Waals surface area (Å²) in [6.45, 7) is 2.94. The maximum absolute atomic E-state index is 10.1. The lowest BCUT2D eigenvalue weighted by molar-refractivity contribution is 0.174. The van der Waals surface area contributed by atoms with Gasteiger partial charge < -0.3 is 10.4 Å². The van der Waals surface area contributed by atoms with Crippen LogP contribution in [-0.4, -0.2) is 21.2 Å². The molecule has 4 nitrogen and oxygen atoms in total. The van der Waals surface area contributed by atoms with Crippen LogP contribution in [0.4, 0.5) is 0 Å². The van der Waals surface area contributed by atoms with Crippen LogP contribution in [0.1, 0.15) is 22.2 Å². The molecule has 0 amide bonds. The summed E-state index contributed by atoms with van der Waals surface area (Å²) in [5.41, 5.74) is 1.58. The zero-order chi connectivity index (χ0) is 13.8. The number of hydrogen-bond acceptors (Lipinski definition) is 5. The van der Waals surface area contributed by atoms with Crippen LogP contribution in [-0.2, 0) is 6.54 Å². The number of hydrogen-bond donors (Lipinski definition) is 2. The summed E-state index contributed by atoms with van der Waals surface area (Å²) >= 11 is 13.2. The molecule has 1 heterocycles. The monoisotopic (exact) mass is 317 g/mol. The molecule has 102 valence electrons. The molecule has 0 saturated carbocycles. The van der Waals surface area contributed by atoms with E-state index in [1.165, 1.54) is 11.5 Å². The molecule has 1 atom stereocenters. The largest absolute Gasteiger partial charge is 0.387 e. The lowest BCUT2D eigenvalue weighted by Crippen LogP contribution is -2.21. The van der Waals surface area contributed by atoms with Crippen LogP contribution in [0.3, 0.4) is 0 Å². The van der Waals surface area contributed by atoms with E-state index in [0.29, 0.717) is 28.7 Å². The molecule has 19 heavy (non-hydrogen) atoms. The first-order chi connectivity index (χ1) is 9.08. The van der Waals surface area contributed by atoms with Gasteiger partial charge in [0.1, 0.15) is 0 Å². The van der Waals surface area contributed by atoms with Gasteiger partial charge in [-0.2, -0.15) is 0 Å². The number of aliphatic hydroxyl groups excluding tert-OH is 1. The predicted molar refractivity (Wildman–Crippen MR) is 77.8 cm³/mol. The number of nitrogens with zero attached hydrogens (tertiary/aromatic N) is 2. The zero-order valence-electron chi connectivity index (χ0n) is 10.2. The Morgan fingerprint density at radius 3 is 2.84 bits per heavy atom. The van der Waals surface area contributed by atoms with Crippen LogP contribution in [0.25, 0.3) is 0 Å². The van der Waals surface area contributed by atoms with E-state index in [1.54, 1.807) is 18.2 Å². The highest BCUT2D eigenvalue weighted by Crippen LogP contribution is 2.26. The first-order valence-electron chi connectivity index (χ1n) is 5.69. The number of aryl methyl sites for hydroxylation is 1. The van der Waals surface area contributed by atoms with Crippen LogP contribution < -0.4 is 5.32 Å². The normalized spacial score (nSPS) is 12.6. The van der Waals surface area contributed by atoms with Crippen molar-refractivity contribution in [1.29, 1.82) is 0 Å². The molecule has 1 unspecified atom stereocenters. The van der Waals surface area contributed by atoms with Gasteiger partial charge in [0.2, 0.25) is 0 Å². The van der Waals surface area contributed by atoms with Gasteiger partial charge in [-0.1, -0.05) is 33.8 Å². The average Bonchev–Trinajstić information content (AvgIpc) is 2.75. The Kier molecular flexibility index (Phi) is 5.13. The van der Waals surface area contributed by atoms with Gasteiger partial charge in [0.15, 0.2) is 0 Å². The highest BCUT2D eigenvalue weighted by Gasteiger charge is 2.12. The van der Waals surface area contributed by atoms with Gasteiger partial charge in [-0.25, -0.2) is 0 Å². The van der Waals surface area contributed by atoms with Crippen molar-refractivity contribution in [3.8, 4) is 0 Å². The SMILES string of the molecule is Cc1nnsc1CNCC(O)c1ccc(Cl)cc1Cl. The predicted octanol–water partition coefficient (Wildman–Crippen LogP) is 2.98. The molecule has 1 aromatic heterocycles. The smallest absolute Gasteiger partial charge is 0.0928 e. The molecule has 0 aliphatic heterocycles. The zero-order valence-corrected chi connectivity index (χ0v) is 12.6. The van der Waals surface area contributed by atoms with Crippen molar-refractivity contribution < 1.29 is 5.11 Å². The Bertz CT molecular complexity index is 562. The maximum atomic E-state index is 10.1. The molecule has 7 heteroatoms. The van der Waals surface area contributed by atoms with E-state index in [2.05, 4.69) is 14.9 Å². The quantitative estimate of drug-likeness (QED) is 0.890. The van der Waals surface area contributed by atoms with E-state index in [1.807, 2.05) is 6.92 Å². The average molecular weight is 318 g/mol. The Hall–Kier alpha value is -0.720. The van der Waals surface area contributed by atoms with Gasteiger partial charge in [0, 0.05) is 28.7 Å². The fraction of sp³-hybridized carbons (Fsp3) is 0.333. The third-order valence-electron chi connectivity index (χ3n) is 2.69. The molecule has 0 fully saturated rings. The third kappa shape index (κ3) is 3.87. The molecule has 0 radical (unpaired) electrons. The number of aromatic nitrogens is 2. The molecule has 0 saturated heterocycles. The molecule has 0 bridgehead atoms. The lowest BCUT2D eigenvalue weighted by Gasteiger charge is -2.13. The van der Waals surface area contributed by atoms with Crippen molar-refractivity contribution in [1.82, 2.24) is 14.9 Å². The standard InChI is InChI=1S/C12H13Cl2N3OS/c1-7-12(19-17-16-7)6-15-5-11(18)9-3-2-8(13)4-10(9)14/h2-4,11,15,18H,5-6H2,1H3. The van der Waals surface area contributed by atoms with Crippen molar-refractivity contribution in [2.24, 2.45) is 0 Å².